The number of hydrogen-bond acceptors (Lipinski definition) is 7. The van der Waals surface area contributed by atoms with Crippen LogP contribution < -0.4 is 23.7 Å². The molecule has 0 radical (unpaired) electrons. The van der Waals surface area contributed by atoms with Crippen LogP contribution in [0.2, 0.25) is 0 Å². The smallest absolute Gasteiger partial charge is 0.176 e. The number of nitrogens with zero attached hydrogens (tertiary/aromatic N) is 1. The van der Waals surface area contributed by atoms with Crippen LogP contribution in [0, 0.1) is 0 Å². The van der Waals surface area contributed by atoms with Crippen LogP contribution in [0.1, 0.15) is 21.5 Å². The highest BCUT2D eigenvalue weighted by molar-refractivity contribution is 5.97. The van der Waals surface area contributed by atoms with Gasteiger partial charge in [0.25, 0.3) is 0 Å². The van der Waals surface area contributed by atoms with Crippen molar-refractivity contribution in [1.82, 2.24) is 4.90 Å². The van der Waals surface area contributed by atoms with Gasteiger partial charge in [-0.1, -0.05) is 12.1 Å². The zero-order valence-corrected chi connectivity index (χ0v) is 20.3. The van der Waals surface area contributed by atoms with E-state index in [2.05, 4.69) is 4.90 Å². The maximum atomic E-state index is 13.1. The fourth-order valence-electron chi connectivity index (χ4n) is 3.71. The Hall–Kier alpha value is -3.71. The summed E-state index contributed by atoms with van der Waals surface area (Å²) in [6, 6.07) is 18.7. The summed E-state index contributed by atoms with van der Waals surface area (Å²) in [6.45, 7) is 1.31. The maximum absolute atomic E-state index is 13.1. The average Bonchev–Trinajstić information content (AvgIpc) is 2.88. The average molecular weight is 466 g/mol. The normalized spacial score (nSPS) is 10.6. The molecule has 0 atom stereocenters. The van der Waals surface area contributed by atoms with Gasteiger partial charge < -0.3 is 23.7 Å². The molecule has 7 nitrogen and oxygen atoms in total. The van der Waals surface area contributed by atoms with Gasteiger partial charge in [0.15, 0.2) is 28.8 Å². The van der Waals surface area contributed by atoms with Crippen LogP contribution in [0.25, 0.3) is 0 Å². The molecule has 7 heteroatoms. The van der Waals surface area contributed by atoms with Crippen LogP contribution in [0.15, 0.2) is 60.7 Å². The van der Waals surface area contributed by atoms with Gasteiger partial charge in [0.2, 0.25) is 0 Å². The van der Waals surface area contributed by atoms with E-state index in [4.69, 9.17) is 23.7 Å². The lowest BCUT2D eigenvalue weighted by Gasteiger charge is -2.23. The van der Waals surface area contributed by atoms with Crippen molar-refractivity contribution in [3.63, 3.8) is 0 Å². The van der Waals surface area contributed by atoms with Crippen LogP contribution in [0.3, 0.4) is 0 Å². The standard InChI is InChI=1S/C27H31NO6/c1-30-22-10-8-21(9-11-22)23(29)18-28(16-19-6-12-24(31-2)26(14-19)33-4)17-20-7-13-25(32-3)27(15-20)34-5/h6-15H,16-18H2,1-5H3. The Kier molecular flexibility index (Phi) is 8.76. The van der Waals surface area contributed by atoms with E-state index < -0.39 is 0 Å². The molecule has 0 bridgehead atoms. The fourth-order valence-corrected chi connectivity index (χ4v) is 3.71. The first-order valence-electron chi connectivity index (χ1n) is 10.8. The summed E-state index contributed by atoms with van der Waals surface area (Å²) >= 11 is 0. The van der Waals surface area contributed by atoms with Crippen LogP contribution in [-0.2, 0) is 13.1 Å². The summed E-state index contributed by atoms with van der Waals surface area (Å²) in [5, 5.41) is 0. The third-order valence-electron chi connectivity index (χ3n) is 5.49. The lowest BCUT2D eigenvalue weighted by Crippen LogP contribution is -2.29. The third kappa shape index (κ3) is 6.20. The van der Waals surface area contributed by atoms with E-state index in [-0.39, 0.29) is 12.3 Å². The second-order valence-corrected chi connectivity index (χ2v) is 7.68. The lowest BCUT2D eigenvalue weighted by atomic mass is 10.1. The molecule has 0 unspecified atom stereocenters. The molecule has 0 N–H and O–H groups in total. The first-order chi connectivity index (χ1) is 16.5. The molecule has 0 aromatic heterocycles. The monoisotopic (exact) mass is 465 g/mol. The number of ketones is 1. The predicted octanol–water partition coefficient (Wildman–Crippen LogP) is 4.61. The van der Waals surface area contributed by atoms with E-state index in [0.29, 0.717) is 47.4 Å². The van der Waals surface area contributed by atoms with Crippen LogP contribution in [-0.4, -0.2) is 52.8 Å². The molecule has 0 amide bonds. The Morgan fingerprint density at radius 2 is 1.09 bits per heavy atom. The van der Waals surface area contributed by atoms with Gasteiger partial charge in [0.1, 0.15) is 5.75 Å². The summed E-state index contributed by atoms with van der Waals surface area (Å²) in [7, 11) is 8.03. The number of ether oxygens (including phenoxy) is 5. The van der Waals surface area contributed by atoms with Crippen molar-refractivity contribution in [3.8, 4) is 28.7 Å². The first kappa shape index (κ1) is 24.9. The number of carbonyl (C=O) groups excluding carboxylic acids is 1. The van der Waals surface area contributed by atoms with Crippen molar-refractivity contribution in [1.29, 1.82) is 0 Å². The Bertz CT molecular complexity index is 1040. The lowest BCUT2D eigenvalue weighted by molar-refractivity contribution is 0.0920. The number of benzene rings is 3. The molecule has 34 heavy (non-hydrogen) atoms. The van der Waals surface area contributed by atoms with Crippen LogP contribution >= 0.6 is 0 Å². The molecule has 0 spiro atoms. The Morgan fingerprint density at radius 1 is 0.618 bits per heavy atom. The van der Waals surface area contributed by atoms with Crippen molar-refractivity contribution in [2.75, 3.05) is 42.1 Å². The molecule has 0 saturated heterocycles. The molecule has 0 aliphatic carbocycles. The summed E-state index contributed by atoms with van der Waals surface area (Å²) < 4.78 is 26.8. The SMILES string of the molecule is COc1ccc(C(=O)CN(Cc2ccc(OC)c(OC)c2)Cc2ccc(OC)c(OC)c2)cc1. The van der Waals surface area contributed by atoms with E-state index in [9.17, 15) is 4.79 Å². The van der Waals surface area contributed by atoms with E-state index in [1.165, 1.54) is 0 Å². The third-order valence-corrected chi connectivity index (χ3v) is 5.49. The highest BCUT2D eigenvalue weighted by Gasteiger charge is 2.16. The van der Waals surface area contributed by atoms with Crippen molar-refractivity contribution in [3.05, 3.63) is 77.4 Å². The van der Waals surface area contributed by atoms with Gasteiger partial charge in [-0.05, 0) is 59.7 Å². The number of methoxy groups -OCH3 is 5. The second kappa shape index (κ2) is 12.0. The number of carbonyl (C=O) groups is 1. The molecule has 0 heterocycles. The van der Waals surface area contributed by atoms with Gasteiger partial charge in [0.05, 0.1) is 42.1 Å². The molecule has 3 rings (SSSR count). The van der Waals surface area contributed by atoms with Crippen molar-refractivity contribution in [2.45, 2.75) is 13.1 Å². The zero-order valence-electron chi connectivity index (χ0n) is 20.3. The fraction of sp³-hybridized carbons (Fsp3) is 0.296. The Balaban J connectivity index is 1.86. The molecular weight excluding hydrogens is 434 g/mol. The molecular formula is C27H31NO6. The van der Waals surface area contributed by atoms with Gasteiger partial charge >= 0.3 is 0 Å². The van der Waals surface area contributed by atoms with Crippen molar-refractivity contribution < 1.29 is 28.5 Å². The van der Waals surface area contributed by atoms with Crippen molar-refractivity contribution >= 4 is 5.78 Å². The largest absolute Gasteiger partial charge is 0.497 e. The molecule has 0 aliphatic rings. The van der Waals surface area contributed by atoms with Crippen LogP contribution in [0.5, 0.6) is 28.7 Å². The topological polar surface area (TPSA) is 66.5 Å². The van der Waals surface area contributed by atoms with Gasteiger partial charge in [-0.25, -0.2) is 0 Å². The minimum absolute atomic E-state index is 0.0172. The molecule has 3 aromatic carbocycles. The number of rotatable bonds is 12. The van der Waals surface area contributed by atoms with E-state index in [1.807, 2.05) is 36.4 Å². The molecule has 0 aliphatic heterocycles. The summed E-state index contributed by atoms with van der Waals surface area (Å²) in [5.74, 6) is 3.34. The van der Waals surface area contributed by atoms with Gasteiger partial charge in [-0.3, -0.25) is 9.69 Å². The molecule has 180 valence electrons. The predicted molar refractivity (Wildman–Crippen MR) is 131 cm³/mol. The Morgan fingerprint density at radius 3 is 1.50 bits per heavy atom. The number of Topliss-reactive ketones (excluding diaryl/α,β-unsaturated/α-hetero) is 1. The van der Waals surface area contributed by atoms with Crippen molar-refractivity contribution in [2.24, 2.45) is 0 Å². The van der Waals surface area contributed by atoms with E-state index >= 15 is 0 Å². The van der Waals surface area contributed by atoms with Crippen LogP contribution in [0.4, 0.5) is 0 Å². The maximum Gasteiger partial charge on any atom is 0.176 e. The van der Waals surface area contributed by atoms with Gasteiger partial charge in [0, 0.05) is 18.7 Å². The minimum atomic E-state index is 0.0172. The molecule has 0 saturated carbocycles. The minimum Gasteiger partial charge on any atom is -0.497 e. The van der Waals surface area contributed by atoms with E-state index in [0.717, 1.165) is 11.1 Å². The molecule has 3 aromatic rings. The first-order valence-corrected chi connectivity index (χ1v) is 10.8. The highest BCUT2D eigenvalue weighted by atomic mass is 16.5. The quantitative estimate of drug-likeness (QED) is 0.362. The number of hydrogen-bond donors (Lipinski definition) is 0. The Labute approximate surface area is 200 Å². The summed E-state index contributed by atoms with van der Waals surface area (Å²) in [4.78, 5) is 15.2. The second-order valence-electron chi connectivity index (χ2n) is 7.68. The summed E-state index contributed by atoms with van der Waals surface area (Å²) in [5.41, 5.74) is 2.63. The van der Waals surface area contributed by atoms with Gasteiger partial charge in [-0.2, -0.15) is 0 Å². The highest BCUT2D eigenvalue weighted by Crippen LogP contribution is 2.30. The molecule has 0 fully saturated rings. The van der Waals surface area contributed by atoms with E-state index in [1.54, 1.807) is 59.8 Å². The van der Waals surface area contributed by atoms with Gasteiger partial charge in [-0.15, -0.1) is 0 Å². The summed E-state index contributed by atoms with van der Waals surface area (Å²) in [6.07, 6.45) is 0. The zero-order chi connectivity index (χ0) is 24.5.